The van der Waals surface area contributed by atoms with Gasteiger partial charge >= 0.3 is 5.91 Å². The number of carbonyl (C=O) groups excluding carboxylic acids is 4. The van der Waals surface area contributed by atoms with Crippen LogP contribution in [0.15, 0.2) is 102 Å². The van der Waals surface area contributed by atoms with Crippen LogP contribution in [0.5, 0.6) is 5.75 Å². The van der Waals surface area contributed by atoms with Crippen LogP contribution in [0.25, 0.3) is 11.5 Å². The van der Waals surface area contributed by atoms with Gasteiger partial charge in [0.2, 0.25) is 0 Å². The monoisotopic (exact) mass is 596 g/mol. The van der Waals surface area contributed by atoms with Crippen molar-refractivity contribution in [3.8, 4) is 5.75 Å². The molecule has 7 rings (SSSR count). The molecular weight excluding hydrogens is 568 g/mol. The Morgan fingerprint density at radius 2 is 1.36 bits per heavy atom. The predicted molar refractivity (Wildman–Crippen MR) is 170 cm³/mol. The van der Waals surface area contributed by atoms with Gasteiger partial charge in [-0.3, -0.25) is 29.0 Å². The highest BCUT2D eigenvalue weighted by Crippen LogP contribution is 2.57. The largest absolute Gasteiger partial charge is 0.507 e. The maximum absolute atomic E-state index is 15.3. The fourth-order valence-corrected chi connectivity index (χ4v) is 6.75. The Kier molecular flexibility index (Phi) is 6.16. The second kappa shape index (κ2) is 9.89. The molecule has 1 unspecified atom stereocenters. The number of methoxy groups -OCH3 is 1. The van der Waals surface area contributed by atoms with Crippen molar-refractivity contribution < 1.29 is 29.0 Å². The Balaban J connectivity index is 1.62. The van der Waals surface area contributed by atoms with Crippen LogP contribution in [0.4, 0.5) is 11.4 Å². The van der Waals surface area contributed by atoms with E-state index in [1.807, 2.05) is 19.9 Å². The van der Waals surface area contributed by atoms with E-state index in [1.54, 1.807) is 91.9 Å². The van der Waals surface area contributed by atoms with Crippen LogP contribution in [0.2, 0.25) is 0 Å². The molecule has 1 fully saturated rings. The summed E-state index contributed by atoms with van der Waals surface area (Å²) in [5.41, 5.74) is 1.64. The van der Waals surface area contributed by atoms with Gasteiger partial charge in [0.1, 0.15) is 11.5 Å². The van der Waals surface area contributed by atoms with Crippen molar-refractivity contribution in [1.82, 2.24) is 0 Å². The lowest BCUT2D eigenvalue weighted by atomic mass is 9.79. The minimum Gasteiger partial charge on any atom is -0.507 e. The standard InChI is InChI=1S/C37H28N2O6/c1-20-9-12-24(13-10-20)39-35(43)34(42)30(32(40)26-18-11-21(2)19-22(26)3)37(39)29-31(27-7-5-6-8-28(27)33(29)41)38(36(37)44)23-14-16-25(45-4)17-15-23/h5-19,40H,1-4H3/b32-30-. The lowest BCUT2D eigenvalue weighted by Gasteiger charge is -2.36. The van der Waals surface area contributed by atoms with E-state index in [0.29, 0.717) is 28.1 Å². The van der Waals surface area contributed by atoms with Crippen molar-refractivity contribution >= 4 is 46.2 Å². The molecular formula is C37H28N2O6. The van der Waals surface area contributed by atoms with E-state index in [-0.39, 0.29) is 22.5 Å². The number of aliphatic hydroxyl groups is 1. The van der Waals surface area contributed by atoms with E-state index in [9.17, 15) is 19.5 Å². The Bertz CT molecular complexity index is 2060. The first kappa shape index (κ1) is 28.0. The lowest BCUT2D eigenvalue weighted by molar-refractivity contribution is -0.132. The first-order chi connectivity index (χ1) is 21.6. The van der Waals surface area contributed by atoms with Crippen molar-refractivity contribution in [2.75, 3.05) is 16.9 Å². The molecule has 2 heterocycles. The number of hydrogen-bond donors (Lipinski definition) is 1. The molecule has 1 atom stereocenters. The molecule has 1 saturated heterocycles. The molecule has 1 aliphatic carbocycles. The van der Waals surface area contributed by atoms with Crippen LogP contribution >= 0.6 is 0 Å². The number of amides is 2. The molecule has 8 heteroatoms. The molecule has 4 aromatic rings. The number of carbonyl (C=O) groups is 4. The van der Waals surface area contributed by atoms with E-state index < -0.39 is 40.3 Å². The summed E-state index contributed by atoms with van der Waals surface area (Å²) in [5, 5.41) is 12.0. The number of anilines is 2. The third-order valence-corrected chi connectivity index (χ3v) is 8.81. The van der Waals surface area contributed by atoms with E-state index in [0.717, 1.165) is 16.0 Å². The van der Waals surface area contributed by atoms with Gasteiger partial charge in [-0.05, 0) is 62.7 Å². The Labute approximate surface area is 259 Å². The van der Waals surface area contributed by atoms with Crippen LogP contribution < -0.4 is 14.5 Å². The molecule has 0 saturated carbocycles. The van der Waals surface area contributed by atoms with Crippen molar-refractivity contribution in [2.24, 2.45) is 0 Å². The van der Waals surface area contributed by atoms with Gasteiger partial charge in [-0.1, -0.05) is 65.7 Å². The van der Waals surface area contributed by atoms with Gasteiger partial charge in [0.25, 0.3) is 11.7 Å². The Morgan fingerprint density at radius 1 is 0.733 bits per heavy atom. The highest BCUT2D eigenvalue weighted by molar-refractivity contribution is 6.58. The number of rotatable bonds is 4. The molecule has 0 bridgehead atoms. The number of hydrogen-bond acceptors (Lipinski definition) is 6. The summed E-state index contributed by atoms with van der Waals surface area (Å²) in [6, 6.07) is 25.6. The smallest absolute Gasteiger partial charge is 0.300 e. The number of fused-ring (bicyclic) bond motifs is 3. The average molecular weight is 597 g/mol. The summed E-state index contributed by atoms with van der Waals surface area (Å²) < 4.78 is 5.33. The second-order valence-corrected chi connectivity index (χ2v) is 11.5. The maximum Gasteiger partial charge on any atom is 0.300 e. The Morgan fingerprint density at radius 3 is 2.00 bits per heavy atom. The highest BCUT2D eigenvalue weighted by atomic mass is 16.5. The van der Waals surface area contributed by atoms with E-state index in [1.165, 1.54) is 12.0 Å². The minimum absolute atomic E-state index is 0.0596. The summed E-state index contributed by atoms with van der Waals surface area (Å²) in [6.45, 7) is 5.54. The maximum atomic E-state index is 15.3. The predicted octanol–water partition coefficient (Wildman–Crippen LogP) is 5.90. The molecule has 45 heavy (non-hydrogen) atoms. The van der Waals surface area contributed by atoms with Crippen LogP contribution in [0.3, 0.4) is 0 Å². The van der Waals surface area contributed by atoms with Gasteiger partial charge in [-0.25, -0.2) is 0 Å². The van der Waals surface area contributed by atoms with Gasteiger partial charge in [0, 0.05) is 28.1 Å². The number of nitrogens with zero attached hydrogens (tertiary/aromatic N) is 2. The lowest BCUT2D eigenvalue weighted by Crippen LogP contribution is -2.57. The van der Waals surface area contributed by atoms with Gasteiger partial charge in [0.15, 0.2) is 11.3 Å². The Hall–Kier alpha value is -5.76. The van der Waals surface area contributed by atoms with Crippen LogP contribution in [-0.4, -0.2) is 41.1 Å². The molecule has 1 N–H and O–H groups in total. The zero-order valence-electron chi connectivity index (χ0n) is 25.0. The third kappa shape index (κ3) is 3.72. The van der Waals surface area contributed by atoms with E-state index in [4.69, 9.17) is 4.74 Å². The molecule has 2 aliphatic heterocycles. The molecule has 222 valence electrons. The minimum atomic E-state index is -2.30. The van der Waals surface area contributed by atoms with Crippen molar-refractivity contribution in [2.45, 2.75) is 26.3 Å². The molecule has 8 nitrogen and oxygen atoms in total. The molecule has 0 aromatic heterocycles. The summed E-state index contributed by atoms with van der Waals surface area (Å²) in [7, 11) is 1.53. The number of aryl methyl sites for hydroxylation is 3. The molecule has 1 spiro atoms. The average Bonchev–Trinajstić information content (AvgIpc) is 3.56. The fraction of sp³-hybridized carbons (Fsp3) is 0.135. The van der Waals surface area contributed by atoms with E-state index in [2.05, 4.69) is 0 Å². The zero-order valence-corrected chi connectivity index (χ0v) is 25.0. The zero-order chi connectivity index (χ0) is 31.8. The SMILES string of the molecule is COc1ccc(N2C(=O)C3(C4=C2c2ccccc2C4=O)/C(=C(\O)c2ccc(C)cc2C)C(=O)C(=O)N3c2ccc(C)cc2)cc1. The summed E-state index contributed by atoms with van der Waals surface area (Å²) in [4.78, 5) is 60.7. The second-order valence-electron chi connectivity index (χ2n) is 11.5. The summed E-state index contributed by atoms with van der Waals surface area (Å²) in [6.07, 6.45) is 0. The number of aliphatic hydroxyl groups excluding tert-OH is 1. The number of benzene rings is 4. The van der Waals surface area contributed by atoms with Crippen molar-refractivity contribution in [3.05, 3.63) is 136 Å². The topological polar surface area (TPSA) is 104 Å². The number of Topliss-reactive ketones (excluding diaryl/α,β-unsaturated/α-hetero) is 2. The van der Waals surface area contributed by atoms with Gasteiger partial charge in [0.05, 0.1) is 24.0 Å². The van der Waals surface area contributed by atoms with Crippen LogP contribution in [0.1, 0.15) is 38.2 Å². The quantitative estimate of drug-likeness (QED) is 0.179. The summed E-state index contributed by atoms with van der Waals surface area (Å²) in [5.74, 6) is -3.29. The number of ketones is 2. The molecule has 0 radical (unpaired) electrons. The van der Waals surface area contributed by atoms with Crippen LogP contribution in [-0.2, 0) is 14.4 Å². The first-order valence-electron chi connectivity index (χ1n) is 14.5. The molecule has 4 aromatic carbocycles. The molecule has 2 amide bonds. The van der Waals surface area contributed by atoms with Gasteiger partial charge in [-0.2, -0.15) is 0 Å². The third-order valence-electron chi connectivity index (χ3n) is 8.81. The van der Waals surface area contributed by atoms with Crippen molar-refractivity contribution in [1.29, 1.82) is 0 Å². The summed E-state index contributed by atoms with van der Waals surface area (Å²) >= 11 is 0. The van der Waals surface area contributed by atoms with Gasteiger partial charge in [-0.15, -0.1) is 0 Å². The highest BCUT2D eigenvalue weighted by Gasteiger charge is 2.71. The fourth-order valence-electron chi connectivity index (χ4n) is 6.75. The van der Waals surface area contributed by atoms with E-state index >= 15 is 4.79 Å². The molecule has 3 aliphatic rings. The normalized spacial score (nSPS) is 20.0. The van der Waals surface area contributed by atoms with Crippen LogP contribution in [0, 0.1) is 20.8 Å². The first-order valence-corrected chi connectivity index (χ1v) is 14.5. The number of ether oxygens (including phenoxy) is 1. The van der Waals surface area contributed by atoms with Crippen molar-refractivity contribution in [3.63, 3.8) is 0 Å². The van der Waals surface area contributed by atoms with Gasteiger partial charge < -0.3 is 9.84 Å².